The van der Waals surface area contributed by atoms with Crippen molar-refractivity contribution < 1.29 is 4.74 Å². The third-order valence-electron chi connectivity index (χ3n) is 4.73. The summed E-state index contributed by atoms with van der Waals surface area (Å²) in [6.07, 6.45) is 1.12. The standard InChI is InChI=1S/C18H31N5OS/c1-2-19-18(20-6-4-7-21-12-14-24-15-13-21)23-10-8-22(9-11-23)17-5-3-16-25-17/h3,5,16H,2,4,6-15H2,1H3,(H,19,20). The Morgan fingerprint density at radius 2 is 2.00 bits per heavy atom. The van der Waals surface area contributed by atoms with Gasteiger partial charge in [0.2, 0.25) is 0 Å². The molecule has 0 aliphatic carbocycles. The van der Waals surface area contributed by atoms with Crippen molar-refractivity contribution in [1.82, 2.24) is 15.1 Å². The first kappa shape index (κ1) is 18.5. The van der Waals surface area contributed by atoms with Gasteiger partial charge in [-0.25, -0.2) is 0 Å². The Morgan fingerprint density at radius 3 is 2.68 bits per heavy atom. The molecular formula is C18H31N5OS. The van der Waals surface area contributed by atoms with Gasteiger partial charge in [0, 0.05) is 58.9 Å². The molecule has 1 aromatic rings. The summed E-state index contributed by atoms with van der Waals surface area (Å²) >= 11 is 1.83. The van der Waals surface area contributed by atoms with Crippen LogP contribution in [0.1, 0.15) is 13.3 Å². The summed E-state index contributed by atoms with van der Waals surface area (Å²) in [5.74, 6) is 1.08. The fraction of sp³-hybridized carbons (Fsp3) is 0.722. The molecule has 2 aliphatic heterocycles. The maximum Gasteiger partial charge on any atom is 0.194 e. The second kappa shape index (κ2) is 9.99. The molecule has 3 rings (SSSR count). The van der Waals surface area contributed by atoms with Crippen LogP contribution in [0.4, 0.5) is 5.00 Å². The topological polar surface area (TPSA) is 43.3 Å². The molecule has 6 nitrogen and oxygen atoms in total. The third kappa shape index (κ3) is 5.59. The molecule has 0 aromatic carbocycles. The van der Waals surface area contributed by atoms with Crippen LogP contribution in [0.15, 0.2) is 22.5 Å². The lowest BCUT2D eigenvalue weighted by Crippen LogP contribution is -2.52. The maximum atomic E-state index is 5.40. The highest BCUT2D eigenvalue weighted by atomic mass is 32.1. The van der Waals surface area contributed by atoms with E-state index in [1.54, 1.807) is 0 Å². The molecule has 2 fully saturated rings. The van der Waals surface area contributed by atoms with Crippen LogP contribution in [0, 0.1) is 0 Å². The first-order chi connectivity index (χ1) is 12.4. The maximum absolute atomic E-state index is 5.40. The number of morpholine rings is 1. The van der Waals surface area contributed by atoms with Gasteiger partial charge in [0.1, 0.15) is 0 Å². The van der Waals surface area contributed by atoms with Crippen molar-refractivity contribution in [3.8, 4) is 0 Å². The highest BCUT2D eigenvalue weighted by Crippen LogP contribution is 2.22. The molecule has 25 heavy (non-hydrogen) atoms. The van der Waals surface area contributed by atoms with Crippen molar-refractivity contribution in [3.63, 3.8) is 0 Å². The molecule has 2 saturated heterocycles. The average molecular weight is 366 g/mol. The van der Waals surface area contributed by atoms with Crippen LogP contribution >= 0.6 is 11.3 Å². The number of ether oxygens (including phenoxy) is 1. The van der Waals surface area contributed by atoms with Crippen LogP contribution in [-0.4, -0.2) is 87.9 Å². The Bertz CT molecular complexity index is 508. The van der Waals surface area contributed by atoms with E-state index in [1.165, 1.54) is 5.00 Å². The molecule has 0 amide bonds. The van der Waals surface area contributed by atoms with E-state index in [0.29, 0.717) is 0 Å². The SMILES string of the molecule is CCNC(=NCCCN1CCOCC1)N1CCN(c2cccs2)CC1. The Morgan fingerprint density at radius 1 is 1.20 bits per heavy atom. The Hall–Kier alpha value is -1.31. The molecule has 140 valence electrons. The largest absolute Gasteiger partial charge is 0.379 e. The molecule has 7 heteroatoms. The van der Waals surface area contributed by atoms with Gasteiger partial charge in [-0.15, -0.1) is 11.3 Å². The summed E-state index contributed by atoms with van der Waals surface area (Å²) < 4.78 is 5.40. The first-order valence-corrected chi connectivity index (χ1v) is 10.4. The van der Waals surface area contributed by atoms with Crippen molar-refractivity contribution in [3.05, 3.63) is 17.5 Å². The van der Waals surface area contributed by atoms with Gasteiger partial charge in [0.15, 0.2) is 5.96 Å². The molecule has 0 bridgehead atoms. The summed E-state index contributed by atoms with van der Waals surface area (Å²) in [7, 11) is 0. The fourth-order valence-electron chi connectivity index (χ4n) is 3.32. The fourth-order valence-corrected chi connectivity index (χ4v) is 4.10. The van der Waals surface area contributed by atoms with Crippen molar-refractivity contribution in [2.75, 3.05) is 77.0 Å². The van der Waals surface area contributed by atoms with E-state index in [0.717, 1.165) is 84.5 Å². The predicted octanol–water partition coefficient (Wildman–Crippen LogP) is 1.56. The highest BCUT2D eigenvalue weighted by Gasteiger charge is 2.20. The first-order valence-electron chi connectivity index (χ1n) is 9.48. The van der Waals surface area contributed by atoms with E-state index in [4.69, 9.17) is 9.73 Å². The zero-order valence-electron chi connectivity index (χ0n) is 15.3. The van der Waals surface area contributed by atoms with Crippen LogP contribution in [0.2, 0.25) is 0 Å². The number of aliphatic imine (C=N–C) groups is 1. The van der Waals surface area contributed by atoms with Crippen molar-refractivity contribution in [2.45, 2.75) is 13.3 Å². The number of piperazine rings is 1. The van der Waals surface area contributed by atoms with E-state index >= 15 is 0 Å². The zero-order valence-corrected chi connectivity index (χ0v) is 16.1. The van der Waals surface area contributed by atoms with Crippen LogP contribution in [-0.2, 0) is 4.74 Å². The molecule has 0 atom stereocenters. The third-order valence-corrected chi connectivity index (χ3v) is 5.66. The molecule has 0 unspecified atom stereocenters. The van der Waals surface area contributed by atoms with Gasteiger partial charge in [-0.1, -0.05) is 0 Å². The summed E-state index contributed by atoms with van der Waals surface area (Å²) in [5.41, 5.74) is 0. The van der Waals surface area contributed by atoms with E-state index < -0.39 is 0 Å². The number of guanidine groups is 1. The van der Waals surface area contributed by atoms with Crippen molar-refractivity contribution in [2.24, 2.45) is 4.99 Å². The van der Waals surface area contributed by atoms with Gasteiger partial charge in [-0.05, 0) is 30.9 Å². The number of rotatable bonds is 6. The molecule has 1 aromatic heterocycles. The predicted molar refractivity (Wildman–Crippen MR) is 106 cm³/mol. The van der Waals surface area contributed by atoms with Crippen LogP contribution < -0.4 is 10.2 Å². The molecule has 2 aliphatic rings. The number of nitrogens with one attached hydrogen (secondary N) is 1. The van der Waals surface area contributed by atoms with E-state index in [-0.39, 0.29) is 0 Å². The van der Waals surface area contributed by atoms with Gasteiger partial charge in [-0.2, -0.15) is 0 Å². The van der Waals surface area contributed by atoms with E-state index in [1.807, 2.05) is 11.3 Å². The number of anilines is 1. The Labute approximate surface area is 155 Å². The molecule has 0 spiro atoms. The van der Waals surface area contributed by atoms with Crippen LogP contribution in [0.5, 0.6) is 0 Å². The zero-order chi connectivity index (χ0) is 17.3. The highest BCUT2D eigenvalue weighted by molar-refractivity contribution is 7.14. The number of hydrogen-bond acceptors (Lipinski definition) is 5. The van der Waals surface area contributed by atoms with E-state index in [9.17, 15) is 0 Å². The van der Waals surface area contributed by atoms with Crippen molar-refractivity contribution in [1.29, 1.82) is 0 Å². The Balaban J connectivity index is 1.43. The second-order valence-electron chi connectivity index (χ2n) is 6.47. The minimum absolute atomic E-state index is 0.875. The van der Waals surface area contributed by atoms with Gasteiger partial charge < -0.3 is 19.9 Å². The van der Waals surface area contributed by atoms with Gasteiger partial charge in [0.25, 0.3) is 0 Å². The smallest absolute Gasteiger partial charge is 0.194 e. The summed E-state index contributed by atoms with van der Waals surface area (Å²) in [6.45, 7) is 13.2. The normalized spacial score (nSPS) is 20.1. The number of nitrogens with zero attached hydrogens (tertiary/aromatic N) is 4. The van der Waals surface area contributed by atoms with Crippen molar-refractivity contribution >= 4 is 22.3 Å². The molecule has 0 saturated carbocycles. The second-order valence-corrected chi connectivity index (χ2v) is 7.39. The minimum Gasteiger partial charge on any atom is -0.379 e. The lowest BCUT2D eigenvalue weighted by Gasteiger charge is -2.37. The quantitative estimate of drug-likeness (QED) is 0.471. The minimum atomic E-state index is 0.875. The summed E-state index contributed by atoms with van der Waals surface area (Å²) in [4.78, 5) is 12.2. The number of hydrogen-bond donors (Lipinski definition) is 1. The Kier molecular flexibility index (Phi) is 7.38. The van der Waals surface area contributed by atoms with Crippen LogP contribution in [0.3, 0.4) is 0 Å². The molecule has 3 heterocycles. The van der Waals surface area contributed by atoms with E-state index in [2.05, 4.69) is 44.5 Å². The lowest BCUT2D eigenvalue weighted by molar-refractivity contribution is 0.0377. The molecular weight excluding hydrogens is 334 g/mol. The van der Waals surface area contributed by atoms with Gasteiger partial charge in [0.05, 0.1) is 18.2 Å². The van der Waals surface area contributed by atoms with Gasteiger partial charge in [-0.3, -0.25) is 9.89 Å². The van der Waals surface area contributed by atoms with Gasteiger partial charge >= 0.3 is 0 Å². The average Bonchev–Trinajstić information content (AvgIpc) is 3.20. The molecule has 1 N–H and O–H groups in total. The number of thiophene rings is 1. The molecule has 0 radical (unpaired) electrons. The lowest BCUT2D eigenvalue weighted by atomic mass is 10.3. The summed E-state index contributed by atoms with van der Waals surface area (Å²) in [5, 5.41) is 7.00. The summed E-state index contributed by atoms with van der Waals surface area (Å²) in [6, 6.07) is 4.34. The van der Waals surface area contributed by atoms with Crippen LogP contribution in [0.25, 0.3) is 0 Å². The monoisotopic (exact) mass is 365 g/mol.